The number of aliphatic hydroxyl groups excluding tert-OH is 1. The van der Waals surface area contributed by atoms with Crippen molar-refractivity contribution in [3.8, 4) is 0 Å². The molecule has 0 spiro atoms. The third-order valence-electron chi connectivity index (χ3n) is 2.93. The van der Waals surface area contributed by atoms with Crippen LogP contribution in [0.3, 0.4) is 0 Å². The lowest BCUT2D eigenvalue weighted by Gasteiger charge is -2.36. The number of pyridine rings is 1. The molecule has 0 saturated carbocycles. The Bertz CT molecular complexity index is 363. The molecule has 0 aliphatic heterocycles. The summed E-state index contributed by atoms with van der Waals surface area (Å²) in [5.74, 6) is 0. The third-order valence-corrected chi connectivity index (χ3v) is 6.78. The summed E-state index contributed by atoms with van der Waals surface area (Å²) < 4.78 is 3.23. The fourth-order valence-electron chi connectivity index (χ4n) is 1.33. The predicted octanol–water partition coefficient (Wildman–Crippen LogP) is 2.69. The van der Waals surface area contributed by atoms with Gasteiger partial charge in [0.1, 0.15) is 6.61 Å². The summed E-state index contributed by atoms with van der Waals surface area (Å²) in [5, 5.41) is 9.68. The molecule has 0 amide bonds. The highest BCUT2D eigenvalue weighted by molar-refractivity contribution is 9.10. The molecule has 0 fully saturated rings. The molecule has 1 N–H and O–H groups in total. The first-order valence-corrected chi connectivity index (χ1v) is 8.46. The molecule has 0 aromatic carbocycles. The average molecular weight is 302 g/mol. The fraction of sp³-hybridized carbons (Fsp3) is 0.583. The number of aliphatic hydroxyl groups is 1. The molecule has 0 aliphatic carbocycles. The molecule has 1 rings (SSSR count). The fourth-order valence-corrected chi connectivity index (χ4v) is 2.99. The summed E-state index contributed by atoms with van der Waals surface area (Å²) in [6.45, 7) is 9.32. The van der Waals surface area contributed by atoms with Crippen LogP contribution in [0.2, 0.25) is 11.6 Å². The minimum Gasteiger partial charge on any atom is -0.385 e. The zero-order chi connectivity index (χ0) is 12.3. The Morgan fingerprint density at radius 2 is 2.00 bits per heavy atom. The van der Waals surface area contributed by atoms with Gasteiger partial charge in [-0.25, -0.2) is 4.57 Å². The Morgan fingerprint density at radius 3 is 2.50 bits per heavy atom. The zero-order valence-electron chi connectivity index (χ0n) is 10.4. The van der Waals surface area contributed by atoms with Crippen molar-refractivity contribution in [2.24, 2.45) is 0 Å². The molecule has 0 saturated heterocycles. The Kier molecular flexibility index (Phi) is 4.70. The summed E-state index contributed by atoms with van der Waals surface area (Å²) in [5.41, 5.74) is 0.983. The highest BCUT2D eigenvalue weighted by atomic mass is 79.9. The van der Waals surface area contributed by atoms with E-state index in [0.717, 1.165) is 16.3 Å². The van der Waals surface area contributed by atoms with Gasteiger partial charge < -0.3 is 5.11 Å². The van der Waals surface area contributed by atoms with Gasteiger partial charge in [0.2, 0.25) is 5.69 Å². The van der Waals surface area contributed by atoms with E-state index < -0.39 is 8.80 Å². The lowest BCUT2D eigenvalue weighted by molar-refractivity contribution is -0.690. The minimum atomic E-state index is -0.475. The first-order valence-electron chi connectivity index (χ1n) is 5.46. The lowest BCUT2D eigenvalue weighted by atomic mass is 10.2. The van der Waals surface area contributed by atoms with Crippen LogP contribution >= 0.6 is 15.9 Å². The highest BCUT2D eigenvalue weighted by Crippen LogP contribution is 2.26. The Hall–Kier alpha value is -0.193. The Morgan fingerprint density at radius 1 is 1.38 bits per heavy atom. The molecule has 90 valence electrons. The second-order valence-electron chi connectivity index (χ2n) is 5.16. The molecule has 2 nitrogen and oxygen atoms in total. The van der Waals surface area contributed by atoms with Crippen molar-refractivity contribution in [3.05, 3.63) is 28.5 Å². The van der Waals surface area contributed by atoms with Crippen LogP contribution in [0.1, 0.15) is 26.5 Å². The van der Waals surface area contributed by atoms with E-state index in [9.17, 15) is 5.11 Å². The van der Waals surface area contributed by atoms with E-state index in [1.807, 2.05) is 12.1 Å². The van der Waals surface area contributed by atoms with Crippen LogP contribution in [0.25, 0.3) is 0 Å². The lowest BCUT2D eigenvalue weighted by Crippen LogP contribution is -2.47. The minimum absolute atomic E-state index is 0.104. The topological polar surface area (TPSA) is 24.1 Å². The Balaban J connectivity index is 2.91. The van der Waals surface area contributed by atoms with Crippen LogP contribution in [0.5, 0.6) is 0 Å². The summed E-state index contributed by atoms with van der Waals surface area (Å²) in [6.07, 6.45) is 3.09. The number of nitrogens with zero attached hydrogens (tertiary/aromatic N) is 1. The molecule has 1 heterocycles. The van der Waals surface area contributed by atoms with Crippen molar-refractivity contribution in [1.29, 1.82) is 0 Å². The van der Waals surface area contributed by atoms with Gasteiger partial charge in [0.15, 0.2) is 6.20 Å². The number of aromatic nitrogens is 1. The van der Waals surface area contributed by atoms with Gasteiger partial charge in [0.25, 0.3) is 0 Å². The van der Waals surface area contributed by atoms with E-state index in [2.05, 4.69) is 54.0 Å². The summed E-state index contributed by atoms with van der Waals surface area (Å²) in [6, 6.07) is 3.95. The third kappa shape index (κ3) is 3.68. The smallest absolute Gasteiger partial charge is 0.204 e. The number of hydrogen-bond donors (Lipinski definition) is 1. The SMILES string of the molecule is C[Si-](C[n+]1cc(Br)ccc1CO)C(C)(C)C. The van der Waals surface area contributed by atoms with Crippen molar-refractivity contribution in [1.82, 2.24) is 0 Å². The van der Waals surface area contributed by atoms with Crippen molar-refractivity contribution in [3.63, 3.8) is 0 Å². The molecule has 0 unspecified atom stereocenters. The summed E-state index contributed by atoms with van der Waals surface area (Å²) in [7, 11) is -0.475. The second-order valence-corrected chi connectivity index (χ2v) is 9.45. The predicted molar refractivity (Wildman–Crippen MR) is 71.6 cm³/mol. The van der Waals surface area contributed by atoms with E-state index in [1.54, 1.807) is 0 Å². The van der Waals surface area contributed by atoms with Gasteiger partial charge in [-0.3, -0.25) is 0 Å². The molecule has 0 atom stereocenters. The van der Waals surface area contributed by atoms with E-state index in [0.29, 0.717) is 5.04 Å². The van der Waals surface area contributed by atoms with Gasteiger partial charge in [-0.2, -0.15) is 20.4 Å². The standard InChI is InChI=1S/C12H20BrNOSi/c1-12(2,3)16(4)9-14-7-10(13)5-6-11(14)8-15/h5-7,15H,8-9H2,1-4H3. The maximum absolute atomic E-state index is 9.30. The number of hydrogen-bond acceptors (Lipinski definition) is 1. The summed E-state index contributed by atoms with van der Waals surface area (Å²) in [4.78, 5) is 0. The van der Waals surface area contributed by atoms with Crippen LogP contribution in [0.15, 0.2) is 22.8 Å². The largest absolute Gasteiger partial charge is 0.385 e. The highest BCUT2D eigenvalue weighted by Gasteiger charge is 2.15. The van der Waals surface area contributed by atoms with E-state index in [4.69, 9.17) is 0 Å². The molecule has 0 aliphatic rings. The summed E-state index contributed by atoms with van der Waals surface area (Å²) >= 11 is 3.47. The van der Waals surface area contributed by atoms with Gasteiger partial charge in [0, 0.05) is 12.2 Å². The molecular formula is C12H20BrNOSi. The van der Waals surface area contributed by atoms with Crippen LogP contribution in [-0.4, -0.2) is 13.9 Å². The van der Waals surface area contributed by atoms with Crippen LogP contribution in [0.4, 0.5) is 0 Å². The van der Waals surface area contributed by atoms with Crippen LogP contribution < -0.4 is 4.57 Å². The maximum Gasteiger partial charge on any atom is 0.204 e. The second kappa shape index (κ2) is 5.43. The maximum atomic E-state index is 9.30. The van der Waals surface area contributed by atoms with E-state index in [1.165, 1.54) is 0 Å². The number of halogens is 1. The van der Waals surface area contributed by atoms with Gasteiger partial charge in [-0.1, -0.05) is 20.8 Å². The molecular weight excluding hydrogens is 282 g/mol. The monoisotopic (exact) mass is 301 g/mol. The van der Waals surface area contributed by atoms with Crippen molar-refractivity contribution >= 4 is 24.7 Å². The van der Waals surface area contributed by atoms with Crippen molar-refractivity contribution in [2.75, 3.05) is 0 Å². The molecule has 1 aromatic heterocycles. The molecule has 4 heteroatoms. The molecule has 0 bridgehead atoms. The number of rotatable bonds is 3. The normalized spacial score (nSPS) is 12.2. The van der Waals surface area contributed by atoms with Gasteiger partial charge in [0.05, 0.1) is 4.47 Å². The van der Waals surface area contributed by atoms with E-state index in [-0.39, 0.29) is 6.61 Å². The van der Waals surface area contributed by atoms with Crippen molar-refractivity contribution < 1.29 is 9.67 Å². The van der Waals surface area contributed by atoms with Crippen LogP contribution in [0, 0.1) is 0 Å². The van der Waals surface area contributed by atoms with Crippen molar-refractivity contribution in [2.45, 2.75) is 45.1 Å². The molecule has 0 radical (unpaired) electrons. The zero-order valence-corrected chi connectivity index (χ0v) is 13.0. The Labute approximate surface area is 108 Å². The first kappa shape index (κ1) is 13.9. The van der Waals surface area contributed by atoms with Crippen LogP contribution in [-0.2, 0) is 12.8 Å². The van der Waals surface area contributed by atoms with E-state index >= 15 is 0 Å². The quantitative estimate of drug-likeness (QED) is 0.674. The van der Waals surface area contributed by atoms with Gasteiger partial charge >= 0.3 is 0 Å². The molecule has 1 aromatic rings. The van der Waals surface area contributed by atoms with Gasteiger partial charge in [-0.05, 0) is 22.0 Å². The molecule has 16 heavy (non-hydrogen) atoms. The van der Waals surface area contributed by atoms with Gasteiger partial charge in [-0.15, -0.1) is 0 Å². The average Bonchev–Trinajstić information content (AvgIpc) is 2.16. The first-order chi connectivity index (χ1) is 7.34.